The van der Waals surface area contributed by atoms with Crippen molar-refractivity contribution in [3.8, 4) is 5.75 Å². The van der Waals surface area contributed by atoms with Crippen LogP contribution in [0.4, 0.5) is 0 Å². The van der Waals surface area contributed by atoms with Gasteiger partial charge in [-0.25, -0.2) is 8.42 Å². The number of fused-ring (bicyclic) bond motifs is 1. The van der Waals surface area contributed by atoms with Gasteiger partial charge < -0.3 is 15.4 Å². The molecule has 32 heavy (non-hydrogen) atoms. The third-order valence-electron chi connectivity index (χ3n) is 6.23. The van der Waals surface area contributed by atoms with Gasteiger partial charge in [0, 0.05) is 25.6 Å². The Balaban J connectivity index is 0.00000289. The number of ether oxygens (including phenoxy) is 1. The highest BCUT2D eigenvalue weighted by Crippen LogP contribution is 2.46. The molecule has 8 heteroatoms. The van der Waals surface area contributed by atoms with Crippen LogP contribution in [0, 0.1) is 0 Å². The average Bonchev–Trinajstić information content (AvgIpc) is 3.23. The Hall–Kier alpha value is -1.81. The molecule has 1 aliphatic carbocycles. The topological polar surface area (TPSA) is 79.8 Å². The van der Waals surface area contributed by atoms with Crippen molar-refractivity contribution in [3.05, 3.63) is 60.2 Å². The van der Waals surface area contributed by atoms with Crippen LogP contribution in [0.1, 0.15) is 50.1 Å². The van der Waals surface area contributed by atoms with E-state index < -0.39 is 9.84 Å². The van der Waals surface area contributed by atoms with E-state index in [-0.39, 0.29) is 41.4 Å². The van der Waals surface area contributed by atoms with E-state index in [1.807, 2.05) is 24.3 Å². The number of guanidine groups is 1. The third kappa shape index (κ3) is 5.75. The van der Waals surface area contributed by atoms with E-state index >= 15 is 0 Å². The van der Waals surface area contributed by atoms with E-state index in [1.165, 1.54) is 12.8 Å². The van der Waals surface area contributed by atoms with Crippen LogP contribution in [-0.2, 0) is 9.84 Å². The van der Waals surface area contributed by atoms with E-state index in [2.05, 4.69) is 21.7 Å². The summed E-state index contributed by atoms with van der Waals surface area (Å²) in [6.07, 6.45) is 6.00. The molecule has 2 aromatic carbocycles. The monoisotopic (exact) mass is 569 g/mol. The SMILES string of the molecule is CN=C(NCCCS(=O)(=O)c1ccccc1)NC1CC2(CCCC2)Oc2ccccc21.I. The van der Waals surface area contributed by atoms with Crippen LogP contribution in [0.3, 0.4) is 0 Å². The molecular formula is C24H32IN3O3S. The van der Waals surface area contributed by atoms with Crippen molar-refractivity contribution in [2.75, 3.05) is 19.3 Å². The van der Waals surface area contributed by atoms with E-state index in [1.54, 1.807) is 31.3 Å². The zero-order valence-electron chi connectivity index (χ0n) is 18.4. The lowest BCUT2D eigenvalue weighted by Crippen LogP contribution is -2.46. The lowest BCUT2D eigenvalue weighted by molar-refractivity contribution is 0.0396. The lowest BCUT2D eigenvalue weighted by atomic mass is 9.86. The molecule has 0 saturated heterocycles. The van der Waals surface area contributed by atoms with Crippen molar-refractivity contribution in [1.29, 1.82) is 0 Å². The second kappa shape index (κ2) is 10.9. The molecule has 1 atom stereocenters. The van der Waals surface area contributed by atoms with E-state index in [0.29, 0.717) is 23.8 Å². The van der Waals surface area contributed by atoms with Gasteiger partial charge in [-0.05, 0) is 50.3 Å². The Bertz CT molecular complexity index is 1020. The molecule has 1 fully saturated rings. The van der Waals surface area contributed by atoms with Crippen LogP contribution >= 0.6 is 24.0 Å². The van der Waals surface area contributed by atoms with Crippen LogP contribution in [-0.4, -0.2) is 39.3 Å². The zero-order valence-corrected chi connectivity index (χ0v) is 21.6. The maximum Gasteiger partial charge on any atom is 0.191 e. The fourth-order valence-corrected chi connectivity index (χ4v) is 5.98. The van der Waals surface area contributed by atoms with Gasteiger partial charge in [0.05, 0.1) is 16.7 Å². The van der Waals surface area contributed by atoms with Gasteiger partial charge >= 0.3 is 0 Å². The van der Waals surface area contributed by atoms with E-state index in [4.69, 9.17) is 4.74 Å². The quantitative estimate of drug-likeness (QED) is 0.232. The fraction of sp³-hybridized carbons (Fsp3) is 0.458. The lowest BCUT2D eigenvalue weighted by Gasteiger charge is -2.40. The van der Waals surface area contributed by atoms with Gasteiger partial charge in [0.1, 0.15) is 11.4 Å². The largest absolute Gasteiger partial charge is 0.487 e. The molecule has 1 aliphatic heterocycles. The normalized spacial score (nSPS) is 19.5. The van der Waals surface area contributed by atoms with Gasteiger partial charge in [0.25, 0.3) is 0 Å². The Morgan fingerprint density at radius 3 is 2.50 bits per heavy atom. The summed E-state index contributed by atoms with van der Waals surface area (Å²) in [5.74, 6) is 1.74. The van der Waals surface area contributed by atoms with Gasteiger partial charge in [-0.1, -0.05) is 36.4 Å². The molecule has 0 bridgehead atoms. The van der Waals surface area contributed by atoms with Crippen LogP contribution in [0.25, 0.3) is 0 Å². The van der Waals surface area contributed by atoms with Crippen molar-refractivity contribution in [2.24, 2.45) is 4.99 Å². The van der Waals surface area contributed by atoms with Crippen LogP contribution in [0.5, 0.6) is 5.75 Å². The van der Waals surface area contributed by atoms with Gasteiger partial charge in [-0.3, -0.25) is 4.99 Å². The first-order valence-electron chi connectivity index (χ1n) is 11.0. The summed E-state index contributed by atoms with van der Waals surface area (Å²) < 4.78 is 31.4. The molecule has 0 amide bonds. The predicted octanol–water partition coefficient (Wildman–Crippen LogP) is 4.47. The maximum absolute atomic E-state index is 12.5. The van der Waals surface area contributed by atoms with Crippen molar-refractivity contribution < 1.29 is 13.2 Å². The van der Waals surface area contributed by atoms with Crippen molar-refractivity contribution in [1.82, 2.24) is 10.6 Å². The van der Waals surface area contributed by atoms with Crippen molar-refractivity contribution in [2.45, 2.75) is 55.1 Å². The van der Waals surface area contributed by atoms with Crippen molar-refractivity contribution in [3.63, 3.8) is 0 Å². The number of halogens is 1. The molecule has 0 aromatic heterocycles. The van der Waals surface area contributed by atoms with Gasteiger partial charge in [-0.2, -0.15) is 0 Å². The number of sulfone groups is 1. The van der Waals surface area contributed by atoms with Crippen LogP contribution < -0.4 is 15.4 Å². The number of benzene rings is 2. The molecule has 1 spiro atoms. The van der Waals surface area contributed by atoms with Crippen LogP contribution in [0.2, 0.25) is 0 Å². The summed E-state index contributed by atoms with van der Waals surface area (Å²) in [5, 5.41) is 6.84. The Labute approximate surface area is 208 Å². The van der Waals surface area contributed by atoms with Crippen molar-refractivity contribution >= 4 is 39.8 Å². The van der Waals surface area contributed by atoms with E-state index in [0.717, 1.165) is 30.6 Å². The summed E-state index contributed by atoms with van der Waals surface area (Å²) in [7, 11) is -1.52. The highest BCUT2D eigenvalue weighted by molar-refractivity contribution is 14.0. The molecule has 4 rings (SSSR count). The first-order chi connectivity index (χ1) is 15.0. The second-order valence-electron chi connectivity index (χ2n) is 8.42. The first-order valence-corrected chi connectivity index (χ1v) is 12.7. The highest BCUT2D eigenvalue weighted by atomic mass is 127. The minimum atomic E-state index is -3.26. The number of nitrogens with zero attached hydrogens (tertiary/aromatic N) is 1. The first kappa shape index (κ1) is 24.8. The molecule has 2 aromatic rings. The zero-order chi connectivity index (χ0) is 21.7. The Kier molecular flexibility index (Phi) is 8.43. The standard InChI is InChI=1S/C24H31N3O3S.HI/c1-25-23(26-16-9-17-31(28,29)19-10-3-2-4-11-19)27-21-18-24(14-7-8-15-24)30-22-13-6-5-12-20(21)22;/h2-6,10-13,21H,7-9,14-18H2,1H3,(H2,25,26,27);1H. The Morgan fingerprint density at radius 1 is 1.09 bits per heavy atom. The summed E-state index contributed by atoms with van der Waals surface area (Å²) in [5.41, 5.74) is 1.06. The third-order valence-corrected chi connectivity index (χ3v) is 8.05. The second-order valence-corrected chi connectivity index (χ2v) is 10.5. The number of para-hydroxylation sites is 1. The van der Waals surface area contributed by atoms with E-state index in [9.17, 15) is 8.42 Å². The summed E-state index contributed by atoms with van der Waals surface area (Å²) in [4.78, 5) is 4.74. The fourth-order valence-electron chi connectivity index (χ4n) is 4.65. The summed E-state index contributed by atoms with van der Waals surface area (Å²) in [6, 6.07) is 16.9. The van der Waals surface area contributed by atoms with Gasteiger partial charge in [0.2, 0.25) is 0 Å². The molecule has 1 unspecified atom stereocenters. The minimum Gasteiger partial charge on any atom is -0.487 e. The smallest absolute Gasteiger partial charge is 0.191 e. The summed E-state index contributed by atoms with van der Waals surface area (Å²) in [6.45, 7) is 0.530. The van der Waals surface area contributed by atoms with Crippen LogP contribution in [0.15, 0.2) is 64.5 Å². The van der Waals surface area contributed by atoms with Gasteiger partial charge in [0.15, 0.2) is 15.8 Å². The number of hydrogen-bond acceptors (Lipinski definition) is 4. The number of aliphatic imine (C=N–C) groups is 1. The molecule has 0 radical (unpaired) electrons. The molecule has 1 heterocycles. The minimum absolute atomic E-state index is 0. The molecule has 1 saturated carbocycles. The highest BCUT2D eigenvalue weighted by Gasteiger charge is 2.43. The Morgan fingerprint density at radius 2 is 1.78 bits per heavy atom. The average molecular weight is 570 g/mol. The number of hydrogen-bond donors (Lipinski definition) is 2. The molecule has 174 valence electrons. The summed E-state index contributed by atoms with van der Waals surface area (Å²) >= 11 is 0. The predicted molar refractivity (Wildman–Crippen MR) is 139 cm³/mol. The molecular weight excluding hydrogens is 537 g/mol. The molecule has 2 aliphatic rings. The molecule has 2 N–H and O–H groups in total. The maximum atomic E-state index is 12.5. The van der Waals surface area contributed by atoms with Gasteiger partial charge in [-0.15, -0.1) is 24.0 Å². The number of rotatable bonds is 6. The number of nitrogens with one attached hydrogen (secondary N) is 2. The molecule has 6 nitrogen and oxygen atoms in total.